The minimum Gasteiger partial charge on any atom is -0.342 e. The number of carbonyl (C=O) groups excluding carboxylic acids is 3. The largest absolute Gasteiger partial charge is 0.342 e. The van der Waals surface area contributed by atoms with Crippen molar-refractivity contribution in [1.29, 1.82) is 0 Å². The van der Waals surface area contributed by atoms with Crippen molar-refractivity contribution in [3.05, 3.63) is 35.9 Å². The number of amides is 4. The summed E-state index contributed by atoms with van der Waals surface area (Å²) in [5, 5.41) is 0. The number of imide groups is 1. The van der Waals surface area contributed by atoms with E-state index in [4.69, 9.17) is 0 Å². The van der Waals surface area contributed by atoms with E-state index in [1.54, 1.807) is 0 Å². The fourth-order valence-corrected chi connectivity index (χ4v) is 6.50. The zero-order valence-corrected chi connectivity index (χ0v) is 24.9. The van der Waals surface area contributed by atoms with Gasteiger partial charge in [-0.2, -0.15) is 0 Å². The lowest BCUT2D eigenvalue weighted by Gasteiger charge is -2.43. The highest BCUT2D eigenvalue weighted by Crippen LogP contribution is 2.40. The molecule has 0 bridgehead atoms. The summed E-state index contributed by atoms with van der Waals surface area (Å²) >= 11 is 0. The number of halogens is 1. The Bertz CT molecular complexity index is 985. The van der Waals surface area contributed by atoms with Crippen molar-refractivity contribution in [3.8, 4) is 0 Å². The number of benzene rings is 1. The quantitative estimate of drug-likeness (QED) is 0.458. The number of piperidine rings is 1. The summed E-state index contributed by atoms with van der Waals surface area (Å²) < 4.78 is 0. The summed E-state index contributed by atoms with van der Waals surface area (Å²) in [6.45, 7) is 17.5. The predicted octanol–water partition coefficient (Wildman–Crippen LogP) is 4.86. The van der Waals surface area contributed by atoms with Crippen molar-refractivity contribution in [3.63, 3.8) is 0 Å². The number of urea groups is 1. The molecule has 1 spiro atoms. The van der Waals surface area contributed by atoms with Crippen LogP contribution in [0.4, 0.5) is 4.79 Å². The van der Waals surface area contributed by atoms with Crippen molar-refractivity contribution < 1.29 is 14.4 Å². The molecule has 3 fully saturated rings. The van der Waals surface area contributed by atoms with Crippen LogP contribution < -0.4 is 0 Å². The fourth-order valence-electron chi connectivity index (χ4n) is 6.50. The van der Waals surface area contributed by atoms with Gasteiger partial charge in [0.25, 0.3) is 5.91 Å². The molecule has 38 heavy (non-hydrogen) atoms. The molecule has 0 radical (unpaired) electrons. The minimum atomic E-state index is -0.697. The molecule has 7 nitrogen and oxygen atoms in total. The average molecular weight is 547 g/mol. The molecule has 1 aromatic rings. The zero-order valence-electron chi connectivity index (χ0n) is 24.1. The minimum absolute atomic E-state index is 0. The molecule has 2 atom stereocenters. The van der Waals surface area contributed by atoms with E-state index in [-0.39, 0.29) is 35.7 Å². The van der Waals surface area contributed by atoms with E-state index in [0.717, 1.165) is 32.7 Å². The molecule has 3 aliphatic rings. The smallest absolute Gasteiger partial charge is 0.327 e. The number of likely N-dealkylation sites (tertiary alicyclic amines) is 2. The van der Waals surface area contributed by atoms with Gasteiger partial charge in [-0.3, -0.25) is 14.5 Å². The predicted molar refractivity (Wildman–Crippen MR) is 153 cm³/mol. The highest BCUT2D eigenvalue weighted by Gasteiger charge is 2.57. The first-order chi connectivity index (χ1) is 17.4. The molecule has 3 heterocycles. The number of hydrogen-bond acceptors (Lipinski definition) is 4. The first kappa shape index (κ1) is 30.4. The molecule has 0 unspecified atom stereocenters. The maximum Gasteiger partial charge on any atom is 0.327 e. The topological polar surface area (TPSA) is 64.2 Å². The Morgan fingerprint density at radius 3 is 2.24 bits per heavy atom. The van der Waals surface area contributed by atoms with Gasteiger partial charge in [-0.25, -0.2) is 4.79 Å². The molecule has 4 amide bonds. The standard InChI is InChI=1S/C30H46N4O3.ClH/c1-7-33-27(36)30(34(28(33)37)18-22(2)3)13-15-31(16-14-30)19-24-20-32(26(35)17-29(4,5)6)21-25(24)23-11-9-8-10-12-23;/h8-12,22,24-25H,7,13-21H2,1-6H3;1H/t24-,25+;/m0./s1. The van der Waals surface area contributed by atoms with E-state index in [1.807, 2.05) is 17.9 Å². The van der Waals surface area contributed by atoms with Gasteiger partial charge in [-0.1, -0.05) is 65.0 Å². The molecule has 1 aromatic carbocycles. The lowest BCUT2D eigenvalue weighted by Crippen LogP contribution is -2.57. The second-order valence-electron chi connectivity index (χ2n) is 13.0. The number of rotatable bonds is 7. The highest BCUT2D eigenvalue weighted by atomic mass is 35.5. The molecular weight excluding hydrogens is 500 g/mol. The van der Waals surface area contributed by atoms with Crippen LogP contribution >= 0.6 is 12.4 Å². The van der Waals surface area contributed by atoms with Gasteiger partial charge >= 0.3 is 6.03 Å². The molecular formula is C30H47ClN4O3. The Balaban J connectivity index is 0.00000400. The Morgan fingerprint density at radius 2 is 1.68 bits per heavy atom. The first-order valence-corrected chi connectivity index (χ1v) is 14.1. The molecule has 0 aromatic heterocycles. The van der Waals surface area contributed by atoms with Crippen LogP contribution in [0.15, 0.2) is 30.3 Å². The molecule has 0 saturated carbocycles. The maximum atomic E-state index is 13.4. The average Bonchev–Trinajstić information content (AvgIpc) is 3.33. The van der Waals surface area contributed by atoms with Gasteiger partial charge in [-0.15, -0.1) is 12.4 Å². The van der Waals surface area contributed by atoms with Crippen molar-refractivity contribution >= 4 is 30.3 Å². The van der Waals surface area contributed by atoms with Crippen molar-refractivity contribution in [2.75, 3.05) is 45.8 Å². The van der Waals surface area contributed by atoms with E-state index in [9.17, 15) is 14.4 Å². The summed E-state index contributed by atoms with van der Waals surface area (Å²) in [7, 11) is 0. The second kappa shape index (κ2) is 12.0. The molecule has 0 N–H and O–H groups in total. The lowest BCUT2D eigenvalue weighted by atomic mass is 9.83. The Labute approximate surface area is 235 Å². The molecule has 3 aliphatic heterocycles. The SMILES string of the molecule is CCN1C(=O)N(CC(C)C)C2(CCN(C[C@H]3CN(C(=O)CC(C)(C)C)C[C@@H]3c3ccccc3)CC2)C1=O.Cl. The summed E-state index contributed by atoms with van der Waals surface area (Å²) in [5.41, 5.74) is 0.570. The van der Waals surface area contributed by atoms with Gasteiger partial charge in [-0.05, 0) is 42.6 Å². The number of hydrogen-bond donors (Lipinski definition) is 0. The summed E-state index contributed by atoms with van der Waals surface area (Å²) in [6.07, 6.45) is 1.91. The van der Waals surface area contributed by atoms with E-state index in [1.165, 1.54) is 10.5 Å². The second-order valence-corrected chi connectivity index (χ2v) is 13.0. The molecule has 212 valence electrons. The maximum absolute atomic E-state index is 13.4. The van der Waals surface area contributed by atoms with Crippen LogP contribution in [0.5, 0.6) is 0 Å². The third kappa shape index (κ3) is 6.20. The van der Waals surface area contributed by atoms with Gasteiger partial charge in [0.05, 0.1) is 0 Å². The Morgan fingerprint density at radius 1 is 1.05 bits per heavy atom. The third-order valence-corrected chi connectivity index (χ3v) is 8.36. The van der Waals surface area contributed by atoms with Crippen molar-refractivity contribution in [2.45, 2.75) is 72.3 Å². The molecule has 0 aliphatic carbocycles. The molecule has 4 rings (SSSR count). The van der Waals surface area contributed by atoms with Crippen LogP contribution in [-0.4, -0.2) is 88.8 Å². The van der Waals surface area contributed by atoms with Crippen LogP contribution in [0.3, 0.4) is 0 Å². The van der Waals surface area contributed by atoms with Gasteiger partial charge in [0.2, 0.25) is 5.91 Å². The fraction of sp³-hybridized carbons (Fsp3) is 0.700. The zero-order chi connectivity index (χ0) is 27.0. The summed E-state index contributed by atoms with van der Waals surface area (Å²) in [6, 6.07) is 10.5. The summed E-state index contributed by atoms with van der Waals surface area (Å²) in [4.78, 5) is 47.5. The van der Waals surface area contributed by atoms with Gasteiger partial charge in [0.1, 0.15) is 5.54 Å². The van der Waals surface area contributed by atoms with Crippen LogP contribution in [0.25, 0.3) is 0 Å². The number of nitrogens with zero attached hydrogens (tertiary/aromatic N) is 4. The van der Waals surface area contributed by atoms with Gasteiger partial charge < -0.3 is 14.7 Å². The van der Waals surface area contributed by atoms with E-state index >= 15 is 0 Å². The number of likely N-dealkylation sites (N-methyl/N-ethyl adjacent to an activating group) is 1. The highest BCUT2D eigenvalue weighted by molar-refractivity contribution is 6.07. The van der Waals surface area contributed by atoms with Crippen molar-refractivity contribution in [2.24, 2.45) is 17.3 Å². The third-order valence-electron chi connectivity index (χ3n) is 8.36. The first-order valence-electron chi connectivity index (χ1n) is 14.1. The Kier molecular flexibility index (Phi) is 9.57. The number of carbonyl (C=O) groups is 3. The van der Waals surface area contributed by atoms with Crippen LogP contribution in [0.2, 0.25) is 0 Å². The molecule has 3 saturated heterocycles. The van der Waals surface area contributed by atoms with E-state index in [0.29, 0.717) is 50.1 Å². The lowest BCUT2D eigenvalue weighted by molar-refractivity contribution is -0.136. The van der Waals surface area contributed by atoms with E-state index < -0.39 is 5.54 Å². The van der Waals surface area contributed by atoms with Crippen LogP contribution in [0.1, 0.15) is 72.3 Å². The molecule has 8 heteroatoms. The van der Waals surface area contributed by atoms with Gasteiger partial charge in [0.15, 0.2) is 0 Å². The van der Waals surface area contributed by atoms with Crippen LogP contribution in [-0.2, 0) is 9.59 Å². The Hall–Kier alpha value is -2.12. The normalized spacial score (nSPS) is 24.0. The van der Waals surface area contributed by atoms with E-state index in [2.05, 4.69) is 68.7 Å². The summed E-state index contributed by atoms with van der Waals surface area (Å²) in [5.74, 6) is 1.20. The van der Waals surface area contributed by atoms with Crippen LogP contribution in [0, 0.1) is 17.3 Å². The van der Waals surface area contributed by atoms with Gasteiger partial charge in [0, 0.05) is 58.2 Å². The monoisotopic (exact) mass is 546 g/mol. The van der Waals surface area contributed by atoms with Crippen molar-refractivity contribution in [1.82, 2.24) is 19.6 Å².